The average Bonchev–Trinajstić information content (AvgIpc) is 3.73. The molecule has 3 heterocycles. The number of nitrogens with zero attached hydrogens (tertiary/aromatic N) is 4. The van der Waals surface area contributed by atoms with E-state index in [0.717, 1.165) is 74.7 Å². The van der Waals surface area contributed by atoms with Crippen molar-refractivity contribution in [2.45, 2.75) is 31.7 Å². The van der Waals surface area contributed by atoms with Gasteiger partial charge in [0.15, 0.2) is 5.58 Å². The number of carbonyl (C=O) groups excluding carboxylic acids is 1. The number of urea groups is 1. The minimum absolute atomic E-state index is 0.268. The standard InChI is InChI=1S/C28H34N4O2.C2H2O4/c33-28-31(19-20-32(28)24-10-4-5-11-24)18-15-29-13-16-30(17-14-29)25-12-6-9-23-21-26(34-27(23)25)22-7-2-1-3-8-22;3-1(4)2(5)6/h1-3,6-9,12,21,24H,4-5,10-11,13-20H2;(H,3,4)(H,5,6). The van der Waals surface area contributed by atoms with E-state index in [1.54, 1.807) is 0 Å². The van der Waals surface area contributed by atoms with Crippen LogP contribution in [0.4, 0.5) is 10.5 Å². The first-order chi connectivity index (χ1) is 19.4. The third-order valence-electron chi connectivity index (χ3n) is 8.06. The van der Waals surface area contributed by atoms with Crippen molar-refractivity contribution in [3.63, 3.8) is 0 Å². The van der Waals surface area contributed by atoms with Gasteiger partial charge < -0.3 is 29.3 Å². The van der Waals surface area contributed by atoms with Crippen LogP contribution in [-0.2, 0) is 9.59 Å². The van der Waals surface area contributed by atoms with E-state index in [4.69, 9.17) is 24.2 Å². The lowest BCUT2D eigenvalue weighted by molar-refractivity contribution is -0.159. The van der Waals surface area contributed by atoms with Crippen molar-refractivity contribution in [3.05, 3.63) is 54.6 Å². The Kier molecular flexibility index (Phi) is 8.54. The molecule has 0 unspecified atom stereocenters. The molecule has 1 aromatic heterocycles. The van der Waals surface area contributed by atoms with Crippen molar-refractivity contribution in [2.75, 3.05) is 57.3 Å². The maximum absolute atomic E-state index is 12.8. The summed E-state index contributed by atoms with van der Waals surface area (Å²) in [5.74, 6) is -2.73. The average molecular weight is 549 g/mol. The van der Waals surface area contributed by atoms with Gasteiger partial charge in [-0.25, -0.2) is 14.4 Å². The number of furan rings is 1. The van der Waals surface area contributed by atoms with Crippen LogP contribution in [0.15, 0.2) is 59.0 Å². The number of carboxylic acid groups (broad SMARTS) is 2. The molecule has 2 aromatic carbocycles. The van der Waals surface area contributed by atoms with Crippen LogP contribution >= 0.6 is 0 Å². The molecule has 0 bridgehead atoms. The van der Waals surface area contributed by atoms with E-state index in [2.05, 4.69) is 56.0 Å². The number of para-hydroxylation sites is 1. The van der Waals surface area contributed by atoms with Gasteiger partial charge in [-0.05, 0) is 25.0 Å². The molecule has 1 saturated carbocycles. The third-order valence-corrected chi connectivity index (χ3v) is 8.06. The van der Waals surface area contributed by atoms with Crippen molar-refractivity contribution >= 4 is 34.6 Å². The zero-order chi connectivity index (χ0) is 28.1. The second kappa shape index (κ2) is 12.4. The third kappa shape index (κ3) is 6.22. The van der Waals surface area contributed by atoms with Crippen LogP contribution in [-0.4, -0.2) is 101 Å². The Morgan fingerprint density at radius 2 is 1.52 bits per heavy atom. The van der Waals surface area contributed by atoms with Gasteiger partial charge in [-0.2, -0.15) is 0 Å². The summed E-state index contributed by atoms with van der Waals surface area (Å²) in [6.45, 7) is 7.58. The van der Waals surface area contributed by atoms with Crippen molar-refractivity contribution in [3.8, 4) is 11.3 Å². The van der Waals surface area contributed by atoms with Crippen molar-refractivity contribution in [1.29, 1.82) is 0 Å². The number of amides is 2. The van der Waals surface area contributed by atoms with E-state index >= 15 is 0 Å². The van der Waals surface area contributed by atoms with Crippen molar-refractivity contribution in [1.82, 2.24) is 14.7 Å². The Labute approximate surface area is 233 Å². The largest absolute Gasteiger partial charge is 0.473 e. The number of anilines is 1. The zero-order valence-corrected chi connectivity index (χ0v) is 22.6. The lowest BCUT2D eigenvalue weighted by Gasteiger charge is -2.36. The van der Waals surface area contributed by atoms with E-state index in [0.29, 0.717) is 6.04 Å². The molecule has 0 radical (unpaired) electrons. The van der Waals surface area contributed by atoms with Gasteiger partial charge >= 0.3 is 18.0 Å². The number of rotatable bonds is 6. The first-order valence-electron chi connectivity index (χ1n) is 14.0. The Morgan fingerprint density at radius 1 is 0.825 bits per heavy atom. The molecule has 3 aromatic rings. The molecular weight excluding hydrogens is 512 g/mol. The smallest absolute Gasteiger partial charge is 0.414 e. The second-order valence-electron chi connectivity index (χ2n) is 10.5. The fourth-order valence-corrected chi connectivity index (χ4v) is 5.88. The highest BCUT2D eigenvalue weighted by molar-refractivity contribution is 6.27. The van der Waals surface area contributed by atoms with E-state index in [9.17, 15) is 4.79 Å². The van der Waals surface area contributed by atoms with Gasteiger partial charge in [0, 0.05) is 69.3 Å². The zero-order valence-electron chi connectivity index (χ0n) is 22.6. The number of hydrogen-bond acceptors (Lipinski definition) is 6. The summed E-state index contributed by atoms with van der Waals surface area (Å²) in [5, 5.41) is 15.9. The molecule has 2 amide bonds. The maximum atomic E-state index is 12.8. The highest BCUT2D eigenvalue weighted by atomic mass is 16.4. The molecule has 10 nitrogen and oxygen atoms in total. The van der Waals surface area contributed by atoms with Crippen molar-refractivity contribution in [2.24, 2.45) is 0 Å². The van der Waals surface area contributed by atoms with Gasteiger partial charge in [-0.3, -0.25) is 4.90 Å². The normalized spacial score (nSPS) is 18.3. The molecule has 0 atom stereocenters. The first-order valence-corrected chi connectivity index (χ1v) is 14.0. The minimum atomic E-state index is -1.82. The molecule has 2 N–H and O–H groups in total. The summed E-state index contributed by atoms with van der Waals surface area (Å²) < 4.78 is 6.34. The summed E-state index contributed by atoms with van der Waals surface area (Å²) in [6, 6.07) is 19.6. The molecule has 40 heavy (non-hydrogen) atoms. The second-order valence-corrected chi connectivity index (χ2v) is 10.5. The predicted octanol–water partition coefficient (Wildman–Crippen LogP) is 4.06. The van der Waals surface area contributed by atoms with Crippen LogP contribution in [0.3, 0.4) is 0 Å². The Balaban J connectivity index is 0.000000487. The molecular formula is C30H36N4O6. The molecule has 10 heteroatoms. The highest BCUT2D eigenvalue weighted by Crippen LogP contribution is 2.34. The lowest BCUT2D eigenvalue weighted by atomic mass is 10.1. The molecule has 2 saturated heterocycles. The molecule has 3 aliphatic rings. The number of hydrogen-bond donors (Lipinski definition) is 2. The number of benzene rings is 2. The van der Waals surface area contributed by atoms with E-state index in [1.807, 2.05) is 18.2 Å². The van der Waals surface area contributed by atoms with Crippen LogP contribution in [0.25, 0.3) is 22.3 Å². The number of carbonyl (C=O) groups is 3. The van der Waals surface area contributed by atoms with Gasteiger partial charge in [0.05, 0.1) is 5.69 Å². The van der Waals surface area contributed by atoms with Gasteiger partial charge in [-0.15, -0.1) is 0 Å². The SMILES string of the molecule is O=C(O)C(=O)O.O=C1N(CCN2CCN(c3cccc4cc(-c5ccccc5)oc34)CC2)CCN1C1CCCC1. The van der Waals surface area contributed by atoms with E-state index in [1.165, 1.54) is 31.4 Å². The highest BCUT2D eigenvalue weighted by Gasteiger charge is 2.35. The number of carboxylic acids is 2. The number of fused-ring (bicyclic) bond motifs is 1. The molecule has 212 valence electrons. The monoisotopic (exact) mass is 548 g/mol. The number of piperazine rings is 1. The topological polar surface area (TPSA) is 118 Å². The fraction of sp³-hybridized carbons (Fsp3) is 0.433. The van der Waals surface area contributed by atoms with E-state index in [-0.39, 0.29) is 6.03 Å². The maximum Gasteiger partial charge on any atom is 0.414 e. The quantitative estimate of drug-likeness (QED) is 0.443. The Hall–Kier alpha value is -4.05. The van der Waals surface area contributed by atoms with E-state index < -0.39 is 11.9 Å². The summed E-state index contributed by atoms with van der Waals surface area (Å²) in [5.41, 5.74) is 3.27. The van der Waals surface area contributed by atoms with Gasteiger partial charge in [0.2, 0.25) is 0 Å². The summed E-state index contributed by atoms with van der Waals surface area (Å²) in [7, 11) is 0. The Morgan fingerprint density at radius 3 is 2.20 bits per heavy atom. The lowest BCUT2D eigenvalue weighted by Crippen LogP contribution is -2.49. The first kappa shape index (κ1) is 27.5. The number of aliphatic carboxylic acids is 2. The van der Waals surface area contributed by atoms with Crippen LogP contribution in [0.2, 0.25) is 0 Å². The van der Waals surface area contributed by atoms with Crippen LogP contribution < -0.4 is 4.90 Å². The summed E-state index contributed by atoms with van der Waals surface area (Å²) >= 11 is 0. The molecule has 6 rings (SSSR count). The van der Waals surface area contributed by atoms with Crippen LogP contribution in [0.1, 0.15) is 25.7 Å². The van der Waals surface area contributed by atoms with Gasteiger partial charge in [0.25, 0.3) is 0 Å². The minimum Gasteiger partial charge on any atom is -0.473 e. The Bertz CT molecular complexity index is 1320. The van der Waals surface area contributed by atoms with Gasteiger partial charge in [0.1, 0.15) is 5.76 Å². The fourth-order valence-electron chi connectivity index (χ4n) is 5.88. The summed E-state index contributed by atoms with van der Waals surface area (Å²) in [4.78, 5) is 40.2. The predicted molar refractivity (Wildman–Crippen MR) is 152 cm³/mol. The van der Waals surface area contributed by atoms with Crippen LogP contribution in [0.5, 0.6) is 0 Å². The molecule has 0 spiro atoms. The molecule has 1 aliphatic carbocycles. The van der Waals surface area contributed by atoms with Gasteiger partial charge in [-0.1, -0.05) is 55.3 Å². The van der Waals surface area contributed by atoms with Crippen LogP contribution in [0, 0.1) is 0 Å². The summed E-state index contributed by atoms with van der Waals surface area (Å²) in [6.07, 6.45) is 4.93. The van der Waals surface area contributed by atoms with Crippen molar-refractivity contribution < 1.29 is 29.0 Å². The molecule has 3 fully saturated rings. The molecule has 2 aliphatic heterocycles.